The van der Waals surface area contributed by atoms with Gasteiger partial charge in [0.25, 0.3) is 10.0 Å². The molecule has 1 aliphatic carbocycles. The average Bonchev–Trinajstić information content (AvgIpc) is 3.34. The first-order chi connectivity index (χ1) is 11.8. The van der Waals surface area contributed by atoms with Crippen LogP contribution in [0.15, 0.2) is 53.4 Å². The molecular formula is C18H17N3O3S. The van der Waals surface area contributed by atoms with Crippen LogP contribution in [-0.2, 0) is 14.8 Å². The van der Waals surface area contributed by atoms with Gasteiger partial charge in [0.1, 0.15) is 0 Å². The Kier molecular flexibility index (Phi) is 4.23. The lowest BCUT2D eigenvalue weighted by molar-refractivity contribution is -0.120. The maximum atomic E-state index is 12.4. The van der Waals surface area contributed by atoms with Gasteiger partial charge in [-0.05, 0) is 31.0 Å². The third-order valence-electron chi connectivity index (χ3n) is 4.20. The van der Waals surface area contributed by atoms with Crippen LogP contribution in [0.5, 0.6) is 0 Å². The fraction of sp³-hybridized carbons (Fsp3) is 0.222. The quantitative estimate of drug-likeness (QED) is 0.801. The molecule has 0 aliphatic heterocycles. The van der Waals surface area contributed by atoms with Gasteiger partial charge in [-0.2, -0.15) is 0 Å². The van der Waals surface area contributed by atoms with Gasteiger partial charge in [-0.25, -0.2) is 13.3 Å². The molecule has 2 aromatic rings. The standard InChI is InChI=1S/C18H17N3O3S/c1-18(10-11-18)17(22)20-14-4-3-5-15(12-14)21-25(23,24)16-8-6-13(19-2)7-9-16/h3-9,12,21H,10-11H2,1H3,(H,20,22). The number of anilines is 2. The van der Waals surface area contributed by atoms with Gasteiger partial charge in [0.2, 0.25) is 5.91 Å². The van der Waals surface area contributed by atoms with E-state index in [2.05, 4.69) is 14.9 Å². The van der Waals surface area contributed by atoms with Crippen molar-refractivity contribution in [3.8, 4) is 0 Å². The number of hydrogen-bond acceptors (Lipinski definition) is 3. The van der Waals surface area contributed by atoms with Crippen LogP contribution in [0.4, 0.5) is 17.1 Å². The Morgan fingerprint density at radius 1 is 1.12 bits per heavy atom. The maximum absolute atomic E-state index is 12.4. The van der Waals surface area contributed by atoms with E-state index in [1.54, 1.807) is 24.3 Å². The second-order valence-electron chi connectivity index (χ2n) is 6.31. The van der Waals surface area contributed by atoms with Gasteiger partial charge in [0.15, 0.2) is 5.69 Å². The van der Waals surface area contributed by atoms with Gasteiger partial charge in [0.05, 0.1) is 17.2 Å². The largest absolute Gasteiger partial charge is 0.326 e. The molecule has 2 N–H and O–H groups in total. The number of nitrogens with zero attached hydrogens (tertiary/aromatic N) is 1. The van der Waals surface area contributed by atoms with E-state index in [1.165, 1.54) is 24.3 Å². The van der Waals surface area contributed by atoms with Crippen molar-refractivity contribution in [3.05, 3.63) is 59.9 Å². The number of rotatable bonds is 5. The molecule has 1 amide bonds. The summed E-state index contributed by atoms with van der Waals surface area (Å²) in [4.78, 5) is 15.4. The van der Waals surface area contributed by atoms with E-state index in [1.807, 2.05) is 6.92 Å². The summed E-state index contributed by atoms with van der Waals surface area (Å²) in [6.45, 7) is 8.81. The molecule has 0 radical (unpaired) electrons. The van der Waals surface area contributed by atoms with Crippen molar-refractivity contribution in [1.29, 1.82) is 0 Å². The minimum atomic E-state index is -3.77. The molecule has 0 bridgehead atoms. The third-order valence-corrected chi connectivity index (χ3v) is 5.59. The summed E-state index contributed by atoms with van der Waals surface area (Å²) in [5, 5.41) is 2.82. The Labute approximate surface area is 146 Å². The van der Waals surface area contributed by atoms with Gasteiger partial charge in [0, 0.05) is 11.1 Å². The van der Waals surface area contributed by atoms with Crippen molar-refractivity contribution >= 4 is 33.0 Å². The number of carbonyl (C=O) groups excluding carboxylic acids is 1. The minimum Gasteiger partial charge on any atom is -0.326 e. The van der Waals surface area contributed by atoms with Crippen LogP contribution in [0.1, 0.15) is 19.8 Å². The second-order valence-corrected chi connectivity index (χ2v) is 7.99. The molecule has 0 saturated heterocycles. The van der Waals surface area contributed by atoms with E-state index in [9.17, 15) is 13.2 Å². The molecule has 2 aromatic carbocycles. The topological polar surface area (TPSA) is 79.6 Å². The Morgan fingerprint density at radius 2 is 1.76 bits per heavy atom. The van der Waals surface area contributed by atoms with E-state index < -0.39 is 10.0 Å². The maximum Gasteiger partial charge on any atom is 0.261 e. The molecule has 0 unspecified atom stereocenters. The van der Waals surface area contributed by atoms with Gasteiger partial charge >= 0.3 is 0 Å². The van der Waals surface area contributed by atoms with Crippen LogP contribution < -0.4 is 10.0 Å². The van der Waals surface area contributed by atoms with Crippen LogP contribution in [-0.4, -0.2) is 14.3 Å². The molecule has 1 aliphatic rings. The van der Waals surface area contributed by atoms with E-state index in [0.29, 0.717) is 17.1 Å². The molecule has 1 saturated carbocycles. The van der Waals surface area contributed by atoms with Crippen molar-refractivity contribution in [2.75, 3.05) is 10.0 Å². The lowest BCUT2D eigenvalue weighted by atomic mass is 10.1. The van der Waals surface area contributed by atoms with Crippen LogP contribution in [0, 0.1) is 12.0 Å². The molecule has 0 heterocycles. The van der Waals surface area contributed by atoms with Gasteiger partial charge in [-0.1, -0.05) is 37.3 Å². The number of nitrogens with one attached hydrogen (secondary N) is 2. The number of amides is 1. The number of carbonyl (C=O) groups is 1. The summed E-state index contributed by atoms with van der Waals surface area (Å²) < 4.78 is 27.3. The molecule has 128 valence electrons. The average molecular weight is 355 g/mol. The molecule has 1 fully saturated rings. The summed E-state index contributed by atoms with van der Waals surface area (Å²) in [6, 6.07) is 12.2. The first-order valence-electron chi connectivity index (χ1n) is 7.74. The zero-order chi connectivity index (χ0) is 18.1. The van der Waals surface area contributed by atoms with E-state index >= 15 is 0 Å². The van der Waals surface area contributed by atoms with Crippen molar-refractivity contribution in [1.82, 2.24) is 0 Å². The van der Waals surface area contributed by atoms with E-state index in [4.69, 9.17) is 6.57 Å². The smallest absolute Gasteiger partial charge is 0.261 e. The Balaban J connectivity index is 1.76. The van der Waals surface area contributed by atoms with Gasteiger partial charge in [-0.15, -0.1) is 0 Å². The molecule has 3 rings (SSSR count). The minimum absolute atomic E-state index is 0.0535. The molecule has 6 nitrogen and oxygen atoms in total. The fourth-order valence-electron chi connectivity index (χ4n) is 2.27. The predicted octanol–water partition coefficient (Wildman–Crippen LogP) is 3.78. The highest BCUT2D eigenvalue weighted by molar-refractivity contribution is 7.92. The third kappa shape index (κ3) is 3.80. The normalized spacial score (nSPS) is 15.0. The Morgan fingerprint density at radius 3 is 2.36 bits per heavy atom. The first kappa shape index (κ1) is 17.0. The highest BCUT2D eigenvalue weighted by atomic mass is 32.2. The SMILES string of the molecule is [C-]#[N+]c1ccc(S(=O)(=O)Nc2cccc(NC(=O)C3(C)CC3)c2)cc1. The monoisotopic (exact) mass is 355 g/mol. The van der Waals surface area contributed by atoms with Crippen LogP contribution in [0.25, 0.3) is 4.85 Å². The zero-order valence-electron chi connectivity index (χ0n) is 13.6. The highest BCUT2D eigenvalue weighted by Gasteiger charge is 2.44. The fourth-order valence-corrected chi connectivity index (χ4v) is 3.32. The number of benzene rings is 2. The molecule has 25 heavy (non-hydrogen) atoms. The van der Waals surface area contributed by atoms with Crippen molar-refractivity contribution in [3.63, 3.8) is 0 Å². The van der Waals surface area contributed by atoms with Crippen LogP contribution in [0.3, 0.4) is 0 Å². The molecule has 0 aromatic heterocycles. The summed E-state index contributed by atoms with van der Waals surface area (Å²) in [7, 11) is -3.77. The molecule has 0 atom stereocenters. The second kappa shape index (κ2) is 6.22. The summed E-state index contributed by atoms with van der Waals surface area (Å²) in [6.07, 6.45) is 1.73. The van der Waals surface area contributed by atoms with E-state index in [-0.39, 0.29) is 16.2 Å². The summed E-state index contributed by atoms with van der Waals surface area (Å²) >= 11 is 0. The van der Waals surface area contributed by atoms with Crippen molar-refractivity contribution in [2.45, 2.75) is 24.7 Å². The molecular weight excluding hydrogens is 338 g/mol. The van der Waals surface area contributed by atoms with Crippen molar-refractivity contribution in [2.24, 2.45) is 5.41 Å². The Hall–Kier alpha value is -2.85. The molecule has 0 spiro atoms. The zero-order valence-corrected chi connectivity index (χ0v) is 14.4. The summed E-state index contributed by atoms with van der Waals surface area (Å²) in [5.41, 5.74) is 0.965. The van der Waals surface area contributed by atoms with Crippen LogP contribution >= 0.6 is 0 Å². The first-order valence-corrected chi connectivity index (χ1v) is 9.23. The Bertz CT molecular complexity index is 956. The van der Waals surface area contributed by atoms with E-state index in [0.717, 1.165) is 12.8 Å². The highest BCUT2D eigenvalue weighted by Crippen LogP contribution is 2.45. The summed E-state index contributed by atoms with van der Waals surface area (Å²) in [5.74, 6) is -0.0535. The molecule has 7 heteroatoms. The predicted molar refractivity (Wildman–Crippen MR) is 95.9 cm³/mol. The van der Waals surface area contributed by atoms with Gasteiger partial charge < -0.3 is 5.32 Å². The lowest BCUT2D eigenvalue weighted by Crippen LogP contribution is -2.21. The van der Waals surface area contributed by atoms with Gasteiger partial charge in [-0.3, -0.25) is 9.52 Å². The number of sulfonamides is 1. The van der Waals surface area contributed by atoms with Crippen LogP contribution in [0.2, 0.25) is 0 Å². The van der Waals surface area contributed by atoms with Crippen molar-refractivity contribution < 1.29 is 13.2 Å². The lowest BCUT2D eigenvalue weighted by Gasteiger charge is -2.12. The number of hydrogen-bond donors (Lipinski definition) is 2.